The van der Waals surface area contributed by atoms with E-state index in [0.717, 1.165) is 0 Å². The molecule has 2 rings (SSSR count). The summed E-state index contributed by atoms with van der Waals surface area (Å²) in [6.07, 6.45) is 1.90. The summed E-state index contributed by atoms with van der Waals surface area (Å²) in [5.41, 5.74) is 0.569. The molecule has 1 aromatic heterocycles. The molecule has 5 heteroatoms. The van der Waals surface area contributed by atoms with Gasteiger partial charge in [-0.05, 0) is 12.5 Å². The van der Waals surface area contributed by atoms with Crippen molar-refractivity contribution in [3.63, 3.8) is 0 Å². The summed E-state index contributed by atoms with van der Waals surface area (Å²) in [6.45, 7) is 1.06. The summed E-state index contributed by atoms with van der Waals surface area (Å²) in [6, 6.07) is 1.69. The number of nitrogens with zero attached hydrogens (tertiary/aromatic N) is 3. The number of aryl methyl sites for hydroxylation is 1. The first kappa shape index (κ1) is 9.21. The second-order valence-electron chi connectivity index (χ2n) is 3.53. The van der Waals surface area contributed by atoms with Crippen LogP contribution in [0.1, 0.15) is 16.9 Å². The third-order valence-corrected chi connectivity index (χ3v) is 2.49. The number of carbonyl (C=O) groups excluding carboxylic acids is 1. The summed E-state index contributed by atoms with van der Waals surface area (Å²) in [5.74, 6) is -0.0541. The number of carbonyl (C=O) groups is 1. The molecule has 0 bridgehead atoms. The highest BCUT2D eigenvalue weighted by molar-refractivity contribution is 5.92. The number of rotatable bonds is 1. The average molecular weight is 195 g/mol. The van der Waals surface area contributed by atoms with Crippen LogP contribution in [-0.2, 0) is 7.05 Å². The lowest BCUT2D eigenvalue weighted by molar-refractivity contribution is 0.0754. The number of aliphatic hydroxyl groups is 1. The molecule has 1 aliphatic heterocycles. The minimum atomic E-state index is -0.368. The fourth-order valence-electron chi connectivity index (χ4n) is 1.67. The van der Waals surface area contributed by atoms with Crippen LogP contribution in [0.5, 0.6) is 0 Å². The topological polar surface area (TPSA) is 58.4 Å². The summed E-state index contributed by atoms with van der Waals surface area (Å²) in [5, 5.41) is 13.2. The average Bonchev–Trinajstić information content (AvgIpc) is 2.73. The van der Waals surface area contributed by atoms with Crippen molar-refractivity contribution in [3.8, 4) is 0 Å². The standard InChI is InChI=1S/C9H13N3O2/c1-11-8(2-4-10-11)9(14)12-5-3-7(13)6-12/h2,4,7,13H,3,5-6H2,1H3/t7-/m1/s1. The van der Waals surface area contributed by atoms with Crippen LogP contribution in [0.3, 0.4) is 0 Å². The van der Waals surface area contributed by atoms with Crippen molar-refractivity contribution in [3.05, 3.63) is 18.0 Å². The fraction of sp³-hybridized carbons (Fsp3) is 0.556. The van der Waals surface area contributed by atoms with E-state index in [1.54, 1.807) is 28.9 Å². The third kappa shape index (κ3) is 1.50. The SMILES string of the molecule is Cn1nccc1C(=O)N1CC[C@@H](O)C1. The first-order valence-electron chi connectivity index (χ1n) is 4.64. The predicted molar refractivity (Wildman–Crippen MR) is 49.7 cm³/mol. The van der Waals surface area contributed by atoms with Crippen LogP contribution < -0.4 is 0 Å². The maximum absolute atomic E-state index is 11.8. The van der Waals surface area contributed by atoms with Crippen molar-refractivity contribution in [2.24, 2.45) is 7.05 Å². The molecule has 76 valence electrons. The third-order valence-electron chi connectivity index (χ3n) is 2.49. The zero-order chi connectivity index (χ0) is 10.1. The molecule has 1 aliphatic rings. The van der Waals surface area contributed by atoms with E-state index in [2.05, 4.69) is 5.10 Å². The lowest BCUT2D eigenvalue weighted by Crippen LogP contribution is -2.31. The van der Waals surface area contributed by atoms with Gasteiger partial charge in [0.1, 0.15) is 5.69 Å². The predicted octanol–water partition coefficient (Wildman–Crippen LogP) is -0.373. The van der Waals surface area contributed by atoms with Gasteiger partial charge in [-0.2, -0.15) is 5.10 Å². The minimum Gasteiger partial charge on any atom is -0.391 e. The van der Waals surface area contributed by atoms with Gasteiger partial charge in [0.25, 0.3) is 5.91 Å². The molecule has 0 aromatic carbocycles. The number of aromatic nitrogens is 2. The van der Waals surface area contributed by atoms with Crippen molar-refractivity contribution >= 4 is 5.91 Å². The van der Waals surface area contributed by atoms with E-state index >= 15 is 0 Å². The Kier molecular flexibility index (Phi) is 2.25. The minimum absolute atomic E-state index is 0.0541. The molecule has 0 saturated carbocycles. The zero-order valence-electron chi connectivity index (χ0n) is 8.05. The van der Waals surface area contributed by atoms with Gasteiger partial charge in [0.15, 0.2) is 0 Å². The van der Waals surface area contributed by atoms with Gasteiger partial charge in [0.2, 0.25) is 0 Å². The van der Waals surface area contributed by atoms with E-state index in [4.69, 9.17) is 0 Å². The molecule has 0 aliphatic carbocycles. The van der Waals surface area contributed by atoms with Gasteiger partial charge < -0.3 is 10.0 Å². The Morgan fingerprint density at radius 2 is 2.50 bits per heavy atom. The Morgan fingerprint density at radius 1 is 1.71 bits per heavy atom. The molecule has 1 aromatic rings. The van der Waals surface area contributed by atoms with Gasteiger partial charge in [0.05, 0.1) is 6.10 Å². The first-order valence-corrected chi connectivity index (χ1v) is 4.64. The lowest BCUT2D eigenvalue weighted by atomic mass is 10.3. The summed E-state index contributed by atoms with van der Waals surface area (Å²) in [4.78, 5) is 13.5. The maximum Gasteiger partial charge on any atom is 0.272 e. The number of amides is 1. The number of hydrogen-bond donors (Lipinski definition) is 1. The Balaban J connectivity index is 2.13. The molecule has 1 N–H and O–H groups in total. The first-order chi connectivity index (χ1) is 6.68. The summed E-state index contributed by atoms with van der Waals surface area (Å²) < 4.78 is 1.55. The largest absolute Gasteiger partial charge is 0.391 e. The Morgan fingerprint density at radius 3 is 3.00 bits per heavy atom. The Bertz CT molecular complexity index is 348. The molecule has 1 atom stereocenters. The van der Waals surface area contributed by atoms with Gasteiger partial charge in [0, 0.05) is 26.3 Å². The molecule has 0 radical (unpaired) electrons. The highest BCUT2D eigenvalue weighted by atomic mass is 16.3. The van der Waals surface area contributed by atoms with Crippen LogP contribution in [0.15, 0.2) is 12.3 Å². The van der Waals surface area contributed by atoms with E-state index < -0.39 is 0 Å². The van der Waals surface area contributed by atoms with Gasteiger partial charge in [-0.25, -0.2) is 0 Å². The van der Waals surface area contributed by atoms with Crippen molar-refractivity contribution in [2.45, 2.75) is 12.5 Å². The van der Waals surface area contributed by atoms with Crippen LogP contribution in [-0.4, -0.2) is 44.9 Å². The smallest absolute Gasteiger partial charge is 0.272 e. The second-order valence-corrected chi connectivity index (χ2v) is 3.53. The Hall–Kier alpha value is -1.36. The van der Waals surface area contributed by atoms with Crippen LogP contribution in [0.2, 0.25) is 0 Å². The Labute approximate surface area is 81.9 Å². The van der Waals surface area contributed by atoms with Crippen molar-refractivity contribution in [1.82, 2.24) is 14.7 Å². The number of hydrogen-bond acceptors (Lipinski definition) is 3. The molecule has 2 heterocycles. The second kappa shape index (κ2) is 3.42. The van der Waals surface area contributed by atoms with Crippen molar-refractivity contribution in [2.75, 3.05) is 13.1 Å². The molecule has 1 fully saturated rings. The van der Waals surface area contributed by atoms with Gasteiger partial charge in [-0.1, -0.05) is 0 Å². The molecule has 0 unspecified atom stereocenters. The van der Waals surface area contributed by atoms with E-state index in [-0.39, 0.29) is 12.0 Å². The van der Waals surface area contributed by atoms with Crippen LogP contribution in [0, 0.1) is 0 Å². The highest BCUT2D eigenvalue weighted by Crippen LogP contribution is 2.12. The molecule has 5 nitrogen and oxygen atoms in total. The molecule has 1 amide bonds. The van der Waals surface area contributed by atoms with Crippen LogP contribution in [0.25, 0.3) is 0 Å². The maximum atomic E-state index is 11.8. The quantitative estimate of drug-likeness (QED) is 0.665. The van der Waals surface area contributed by atoms with E-state index in [0.29, 0.717) is 25.2 Å². The lowest BCUT2D eigenvalue weighted by Gasteiger charge is -2.14. The molecule has 1 saturated heterocycles. The fourth-order valence-corrected chi connectivity index (χ4v) is 1.67. The van der Waals surface area contributed by atoms with Crippen molar-refractivity contribution < 1.29 is 9.90 Å². The number of β-amino-alcohol motifs (C(OH)–C–C–N with tert-alkyl or cyclic N) is 1. The summed E-state index contributed by atoms with van der Waals surface area (Å²) in [7, 11) is 1.74. The van der Waals surface area contributed by atoms with E-state index in [1.165, 1.54) is 0 Å². The van der Waals surface area contributed by atoms with Gasteiger partial charge in [-0.15, -0.1) is 0 Å². The zero-order valence-corrected chi connectivity index (χ0v) is 8.05. The molecular formula is C9H13N3O2. The molecular weight excluding hydrogens is 182 g/mol. The van der Waals surface area contributed by atoms with E-state index in [9.17, 15) is 9.90 Å². The number of aliphatic hydroxyl groups excluding tert-OH is 1. The molecule has 0 spiro atoms. The normalized spacial score (nSPS) is 21.6. The highest BCUT2D eigenvalue weighted by Gasteiger charge is 2.26. The van der Waals surface area contributed by atoms with Crippen molar-refractivity contribution in [1.29, 1.82) is 0 Å². The van der Waals surface area contributed by atoms with E-state index in [1.807, 2.05) is 0 Å². The number of likely N-dealkylation sites (tertiary alicyclic amines) is 1. The monoisotopic (exact) mass is 195 g/mol. The van der Waals surface area contributed by atoms with Gasteiger partial charge in [-0.3, -0.25) is 9.48 Å². The van der Waals surface area contributed by atoms with Crippen LogP contribution >= 0.6 is 0 Å². The van der Waals surface area contributed by atoms with Crippen LogP contribution in [0.4, 0.5) is 0 Å². The molecule has 14 heavy (non-hydrogen) atoms. The van der Waals surface area contributed by atoms with Gasteiger partial charge >= 0.3 is 0 Å². The summed E-state index contributed by atoms with van der Waals surface area (Å²) >= 11 is 0.